The summed E-state index contributed by atoms with van der Waals surface area (Å²) < 4.78 is 0. The number of rotatable bonds is 3. The third kappa shape index (κ3) is 2.21. The van der Waals surface area contributed by atoms with E-state index in [1.165, 1.54) is 31.2 Å². The maximum absolute atomic E-state index is 10.9. The smallest absolute Gasteiger partial charge is 0.0684 e. The first kappa shape index (κ1) is 12.2. The zero-order chi connectivity index (χ0) is 12.6. The van der Waals surface area contributed by atoms with Crippen molar-refractivity contribution in [1.82, 2.24) is 0 Å². The van der Waals surface area contributed by atoms with Crippen LogP contribution in [0.2, 0.25) is 0 Å². The molecule has 0 radical (unpaired) electrons. The van der Waals surface area contributed by atoms with Gasteiger partial charge in [-0.1, -0.05) is 56.5 Å². The van der Waals surface area contributed by atoms with Crippen LogP contribution in [0, 0.1) is 11.8 Å². The van der Waals surface area contributed by atoms with Crippen LogP contribution in [-0.4, -0.2) is 10.7 Å². The molecule has 1 aromatic rings. The van der Waals surface area contributed by atoms with Crippen LogP contribution >= 0.6 is 0 Å². The minimum atomic E-state index is -0.362. The predicted molar refractivity (Wildman–Crippen MR) is 74.5 cm³/mol. The summed E-state index contributed by atoms with van der Waals surface area (Å²) in [5, 5.41) is 10.9. The van der Waals surface area contributed by atoms with E-state index in [0.29, 0.717) is 11.8 Å². The molecule has 98 valence electrons. The third-order valence-corrected chi connectivity index (χ3v) is 5.15. The first-order valence-electron chi connectivity index (χ1n) is 7.50. The second-order valence-electron chi connectivity index (χ2n) is 6.33. The van der Waals surface area contributed by atoms with Crippen LogP contribution in [0.5, 0.6) is 0 Å². The Morgan fingerprint density at radius 1 is 1.28 bits per heavy atom. The molecule has 0 aromatic heterocycles. The second-order valence-corrected chi connectivity index (χ2v) is 6.33. The van der Waals surface area contributed by atoms with Gasteiger partial charge in [-0.05, 0) is 42.6 Å². The van der Waals surface area contributed by atoms with Gasteiger partial charge in [0.1, 0.15) is 0 Å². The molecule has 1 heteroatoms. The van der Waals surface area contributed by atoms with E-state index in [2.05, 4.69) is 37.3 Å². The first-order valence-corrected chi connectivity index (χ1v) is 7.50. The molecule has 2 aliphatic rings. The average Bonchev–Trinajstić information content (AvgIpc) is 3.21. The van der Waals surface area contributed by atoms with Crippen molar-refractivity contribution >= 4 is 0 Å². The Balaban J connectivity index is 1.69. The Kier molecular flexibility index (Phi) is 3.19. The maximum atomic E-state index is 10.9. The van der Waals surface area contributed by atoms with Gasteiger partial charge in [0.05, 0.1) is 5.60 Å². The van der Waals surface area contributed by atoms with Crippen LogP contribution in [0.3, 0.4) is 0 Å². The van der Waals surface area contributed by atoms with Crippen LogP contribution in [0.15, 0.2) is 30.3 Å². The van der Waals surface area contributed by atoms with Crippen LogP contribution in [0.25, 0.3) is 0 Å². The van der Waals surface area contributed by atoms with Crippen molar-refractivity contribution in [2.45, 2.75) is 57.0 Å². The molecule has 2 saturated carbocycles. The molecule has 18 heavy (non-hydrogen) atoms. The fraction of sp³-hybridized carbons (Fsp3) is 0.647. The summed E-state index contributed by atoms with van der Waals surface area (Å²) in [6.07, 6.45) is 7.02. The highest BCUT2D eigenvalue weighted by Crippen LogP contribution is 2.57. The van der Waals surface area contributed by atoms with Crippen molar-refractivity contribution in [3.05, 3.63) is 35.9 Å². The molecule has 1 N–H and O–H groups in total. The molecule has 2 aliphatic carbocycles. The normalized spacial score (nSPS) is 39.6. The summed E-state index contributed by atoms with van der Waals surface area (Å²) in [5.74, 6) is 1.89. The summed E-state index contributed by atoms with van der Waals surface area (Å²) >= 11 is 0. The van der Waals surface area contributed by atoms with Gasteiger partial charge >= 0.3 is 0 Å². The van der Waals surface area contributed by atoms with Crippen molar-refractivity contribution in [3.63, 3.8) is 0 Å². The Morgan fingerprint density at radius 2 is 2.06 bits per heavy atom. The van der Waals surface area contributed by atoms with E-state index < -0.39 is 0 Å². The number of hydrogen-bond acceptors (Lipinski definition) is 1. The molecule has 1 nitrogen and oxygen atoms in total. The molecular weight excluding hydrogens is 220 g/mol. The van der Waals surface area contributed by atoms with Crippen LogP contribution in [0.1, 0.15) is 56.9 Å². The highest BCUT2D eigenvalue weighted by molar-refractivity contribution is 5.28. The molecule has 3 rings (SSSR count). The molecule has 0 aliphatic heterocycles. The fourth-order valence-electron chi connectivity index (χ4n) is 3.94. The highest BCUT2D eigenvalue weighted by atomic mass is 16.3. The van der Waals surface area contributed by atoms with Crippen molar-refractivity contribution < 1.29 is 5.11 Å². The number of hydrogen-bond donors (Lipinski definition) is 1. The van der Waals surface area contributed by atoms with Gasteiger partial charge in [-0.3, -0.25) is 0 Å². The van der Waals surface area contributed by atoms with E-state index in [0.717, 1.165) is 18.8 Å². The molecular formula is C17H24O. The van der Waals surface area contributed by atoms with E-state index in [-0.39, 0.29) is 5.60 Å². The zero-order valence-corrected chi connectivity index (χ0v) is 11.3. The summed E-state index contributed by atoms with van der Waals surface area (Å²) in [7, 11) is 0. The minimum Gasteiger partial charge on any atom is -0.390 e. The van der Waals surface area contributed by atoms with Crippen molar-refractivity contribution in [2.75, 3.05) is 0 Å². The molecule has 0 bridgehead atoms. The summed E-state index contributed by atoms with van der Waals surface area (Å²) in [5.41, 5.74) is 1.06. The van der Waals surface area contributed by atoms with Crippen molar-refractivity contribution in [2.24, 2.45) is 11.8 Å². The minimum absolute atomic E-state index is 0.362. The Labute approximate surface area is 110 Å². The second kappa shape index (κ2) is 4.70. The highest BCUT2D eigenvalue weighted by Gasteiger charge is 2.53. The fourth-order valence-corrected chi connectivity index (χ4v) is 3.94. The average molecular weight is 244 g/mol. The standard InChI is InChI=1S/C17H24O/c1-2-13-7-6-10-17(18,12-13)16-11-15(16)14-8-4-3-5-9-14/h3-5,8-9,13,15-16,18H,2,6-7,10-12H2,1H3. The largest absolute Gasteiger partial charge is 0.390 e. The van der Waals surface area contributed by atoms with Crippen molar-refractivity contribution in [1.29, 1.82) is 0 Å². The van der Waals surface area contributed by atoms with E-state index in [1.54, 1.807) is 0 Å². The number of aliphatic hydroxyl groups is 1. The van der Waals surface area contributed by atoms with Crippen LogP contribution in [0.4, 0.5) is 0 Å². The molecule has 0 saturated heterocycles. The van der Waals surface area contributed by atoms with Crippen LogP contribution in [-0.2, 0) is 0 Å². The lowest BCUT2D eigenvalue weighted by molar-refractivity contribution is -0.0374. The summed E-state index contributed by atoms with van der Waals surface area (Å²) in [4.78, 5) is 0. The van der Waals surface area contributed by atoms with Gasteiger partial charge in [0.2, 0.25) is 0 Å². The number of benzene rings is 1. The molecule has 4 unspecified atom stereocenters. The maximum Gasteiger partial charge on any atom is 0.0684 e. The quantitative estimate of drug-likeness (QED) is 0.848. The summed E-state index contributed by atoms with van der Waals surface area (Å²) in [6, 6.07) is 10.7. The molecule has 0 spiro atoms. The molecule has 2 fully saturated rings. The Hall–Kier alpha value is -0.820. The molecule has 0 heterocycles. The van der Waals surface area contributed by atoms with Gasteiger partial charge in [-0.2, -0.15) is 0 Å². The molecule has 4 atom stereocenters. The third-order valence-electron chi connectivity index (χ3n) is 5.15. The lowest BCUT2D eigenvalue weighted by atomic mass is 9.74. The molecule has 0 amide bonds. The lowest BCUT2D eigenvalue weighted by Crippen LogP contribution is -2.37. The first-order chi connectivity index (χ1) is 8.73. The van der Waals surface area contributed by atoms with Gasteiger partial charge in [-0.25, -0.2) is 0 Å². The van der Waals surface area contributed by atoms with Gasteiger partial charge in [-0.15, -0.1) is 0 Å². The molecule has 1 aromatic carbocycles. The van der Waals surface area contributed by atoms with E-state index >= 15 is 0 Å². The predicted octanol–water partition coefficient (Wildman–Crippen LogP) is 4.12. The van der Waals surface area contributed by atoms with E-state index in [9.17, 15) is 5.11 Å². The Morgan fingerprint density at radius 3 is 2.78 bits per heavy atom. The monoisotopic (exact) mass is 244 g/mol. The van der Waals surface area contributed by atoms with E-state index in [4.69, 9.17) is 0 Å². The van der Waals surface area contributed by atoms with Gasteiger partial charge in [0.25, 0.3) is 0 Å². The van der Waals surface area contributed by atoms with Gasteiger partial charge < -0.3 is 5.11 Å². The Bertz CT molecular complexity index is 399. The van der Waals surface area contributed by atoms with Gasteiger partial charge in [0.15, 0.2) is 0 Å². The summed E-state index contributed by atoms with van der Waals surface area (Å²) in [6.45, 7) is 2.26. The van der Waals surface area contributed by atoms with Crippen molar-refractivity contribution in [3.8, 4) is 0 Å². The SMILES string of the molecule is CCC1CCCC(O)(C2CC2c2ccccc2)C1. The van der Waals surface area contributed by atoms with Gasteiger partial charge in [0, 0.05) is 0 Å². The topological polar surface area (TPSA) is 20.2 Å². The van der Waals surface area contributed by atoms with E-state index in [1.807, 2.05) is 0 Å². The van der Waals surface area contributed by atoms with Crippen LogP contribution < -0.4 is 0 Å². The lowest BCUT2D eigenvalue weighted by Gasteiger charge is -2.37. The zero-order valence-electron chi connectivity index (χ0n) is 11.3.